The van der Waals surface area contributed by atoms with Crippen molar-refractivity contribution in [2.45, 2.75) is 12.5 Å². The van der Waals surface area contributed by atoms with E-state index in [4.69, 9.17) is 4.74 Å². The summed E-state index contributed by atoms with van der Waals surface area (Å²) in [6.07, 6.45) is 1.07. The molecule has 0 radical (unpaired) electrons. The van der Waals surface area contributed by atoms with Gasteiger partial charge in [0, 0.05) is 6.42 Å². The van der Waals surface area contributed by atoms with Gasteiger partial charge in [-0.25, -0.2) is 9.59 Å². The predicted octanol–water partition coefficient (Wildman–Crippen LogP) is 1.31. The third-order valence-corrected chi connectivity index (χ3v) is 2.87. The molecule has 5 nitrogen and oxygen atoms in total. The van der Waals surface area contributed by atoms with Crippen molar-refractivity contribution in [2.75, 3.05) is 14.2 Å². The van der Waals surface area contributed by atoms with Gasteiger partial charge in [-0.15, -0.1) is 0 Å². The van der Waals surface area contributed by atoms with E-state index in [0.717, 1.165) is 11.1 Å². The fourth-order valence-corrected chi connectivity index (χ4v) is 1.90. The molecule has 1 aliphatic rings. The van der Waals surface area contributed by atoms with Crippen molar-refractivity contribution in [3.8, 4) is 0 Å². The zero-order valence-electron chi connectivity index (χ0n) is 10.7. The Hall–Kier alpha value is -2.30. The first kappa shape index (κ1) is 13.1. The molecule has 0 unspecified atom stereocenters. The Labute approximate surface area is 110 Å². The normalized spacial score (nSPS) is 17.4. The molecule has 0 fully saturated rings. The molecule has 19 heavy (non-hydrogen) atoms. The monoisotopic (exact) mass is 262 g/mol. The Morgan fingerprint density at radius 1 is 1.21 bits per heavy atom. The Bertz CT molecular complexity index is 532. The van der Waals surface area contributed by atoms with Gasteiger partial charge in [0.05, 0.1) is 14.2 Å². The highest BCUT2D eigenvalue weighted by atomic mass is 16.6. The van der Waals surface area contributed by atoms with Gasteiger partial charge >= 0.3 is 11.9 Å². The second-order valence-corrected chi connectivity index (χ2v) is 4.03. The van der Waals surface area contributed by atoms with E-state index in [1.54, 1.807) is 6.08 Å². The molecule has 0 aliphatic carbocycles. The molecular weight excluding hydrogens is 248 g/mol. The first-order valence-corrected chi connectivity index (χ1v) is 5.78. The molecule has 1 heterocycles. The van der Waals surface area contributed by atoms with Gasteiger partial charge < -0.3 is 14.2 Å². The number of carbonyl (C=O) groups is 2. The molecule has 0 aromatic heterocycles. The molecule has 100 valence electrons. The van der Waals surface area contributed by atoms with Gasteiger partial charge in [-0.3, -0.25) is 0 Å². The van der Waals surface area contributed by atoms with Gasteiger partial charge in [-0.2, -0.15) is 0 Å². The lowest BCUT2D eigenvalue weighted by molar-refractivity contribution is -0.154. The lowest BCUT2D eigenvalue weighted by Gasteiger charge is -2.15. The zero-order chi connectivity index (χ0) is 13.8. The first-order valence-electron chi connectivity index (χ1n) is 5.78. The minimum absolute atomic E-state index is 0.00264. The molecule has 5 heteroatoms. The van der Waals surface area contributed by atoms with E-state index < -0.39 is 18.0 Å². The summed E-state index contributed by atoms with van der Waals surface area (Å²) in [7, 11) is 2.54. The van der Waals surface area contributed by atoms with Gasteiger partial charge in [-0.05, 0) is 17.2 Å². The van der Waals surface area contributed by atoms with Crippen molar-refractivity contribution in [1.82, 2.24) is 0 Å². The summed E-state index contributed by atoms with van der Waals surface area (Å²) in [6.45, 7) is 0. The van der Waals surface area contributed by atoms with Crippen LogP contribution in [0.5, 0.6) is 0 Å². The molecule has 0 bridgehead atoms. The van der Waals surface area contributed by atoms with Crippen LogP contribution in [0.1, 0.15) is 11.1 Å². The highest BCUT2D eigenvalue weighted by molar-refractivity contribution is 5.92. The van der Waals surface area contributed by atoms with Crippen LogP contribution in [-0.2, 0) is 30.2 Å². The minimum Gasteiger partial charge on any atom is -0.471 e. The minimum atomic E-state index is -0.848. The summed E-state index contributed by atoms with van der Waals surface area (Å²) in [6, 6.07) is 7.44. The Morgan fingerprint density at radius 3 is 2.63 bits per heavy atom. The van der Waals surface area contributed by atoms with E-state index in [1.165, 1.54) is 14.2 Å². The third-order valence-electron chi connectivity index (χ3n) is 2.87. The van der Waals surface area contributed by atoms with E-state index in [0.29, 0.717) is 6.42 Å². The molecule has 2 rings (SSSR count). The van der Waals surface area contributed by atoms with Crippen LogP contribution in [0.2, 0.25) is 0 Å². The Morgan fingerprint density at radius 2 is 1.95 bits per heavy atom. The molecule has 1 aromatic rings. The van der Waals surface area contributed by atoms with Crippen LogP contribution < -0.4 is 0 Å². The lowest BCUT2D eigenvalue weighted by Crippen LogP contribution is -2.28. The third kappa shape index (κ3) is 2.76. The molecule has 1 aromatic carbocycles. The average Bonchev–Trinajstić information content (AvgIpc) is 2.64. The maximum atomic E-state index is 11.7. The number of carbonyl (C=O) groups excluding carboxylic acids is 2. The lowest BCUT2D eigenvalue weighted by atomic mass is 10.0. The van der Waals surface area contributed by atoms with Crippen LogP contribution in [0.15, 0.2) is 30.0 Å². The fraction of sp³-hybridized carbons (Fsp3) is 0.286. The van der Waals surface area contributed by atoms with Gasteiger partial charge in [0.1, 0.15) is 0 Å². The number of rotatable bonds is 2. The molecule has 0 saturated carbocycles. The largest absolute Gasteiger partial charge is 0.471 e. The van der Waals surface area contributed by atoms with Crippen LogP contribution in [-0.4, -0.2) is 32.3 Å². The van der Waals surface area contributed by atoms with Crippen LogP contribution >= 0.6 is 0 Å². The van der Waals surface area contributed by atoms with Crippen LogP contribution in [0, 0.1) is 0 Å². The maximum Gasteiger partial charge on any atom is 0.373 e. The van der Waals surface area contributed by atoms with Gasteiger partial charge in [0.25, 0.3) is 0 Å². The van der Waals surface area contributed by atoms with Crippen molar-refractivity contribution in [3.63, 3.8) is 0 Å². The second kappa shape index (κ2) is 5.56. The topological polar surface area (TPSA) is 61.8 Å². The summed E-state index contributed by atoms with van der Waals surface area (Å²) in [5.74, 6) is -1.14. The van der Waals surface area contributed by atoms with Gasteiger partial charge in [0.15, 0.2) is 6.10 Å². The summed E-state index contributed by atoms with van der Waals surface area (Å²) >= 11 is 0. The quantitative estimate of drug-likeness (QED) is 0.752. The average molecular weight is 262 g/mol. The number of ether oxygens (including phenoxy) is 3. The Balaban J connectivity index is 2.42. The summed E-state index contributed by atoms with van der Waals surface area (Å²) < 4.78 is 14.7. The number of hydrogen-bond acceptors (Lipinski definition) is 5. The van der Waals surface area contributed by atoms with Crippen LogP contribution in [0.3, 0.4) is 0 Å². The van der Waals surface area contributed by atoms with Gasteiger partial charge in [0.2, 0.25) is 5.76 Å². The number of esters is 2. The van der Waals surface area contributed by atoms with Crippen LogP contribution in [0.4, 0.5) is 0 Å². The van der Waals surface area contributed by atoms with E-state index in [1.807, 2.05) is 24.3 Å². The van der Waals surface area contributed by atoms with Crippen molar-refractivity contribution in [3.05, 3.63) is 41.2 Å². The van der Waals surface area contributed by atoms with Crippen molar-refractivity contribution >= 4 is 18.0 Å². The highest BCUT2D eigenvalue weighted by Crippen LogP contribution is 2.23. The number of methoxy groups -OCH3 is 2. The summed E-state index contributed by atoms with van der Waals surface area (Å²) in [5, 5.41) is 0. The predicted molar refractivity (Wildman–Crippen MR) is 67.0 cm³/mol. The molecule has 0 amide bonds. The smallest absolute Gasteiger partial charge is 0.373 e. The zero-order valence-corrected chi connectivity index (χ0v) is 10.7. The summed E-state index contributed by atoms with van der Waals surface area (Å²) in [5.41, 5.74) is 1.74. The number of fused-ring (bicyclic) bond motifs is 1. The van der Waals surface area contributed by atoms with Crippen molar-refractivity contribution in [1.29, 1.82) is 0 Å². The van der Waals surface area contributed by atoms with Crippen LogP contribution in [0.25, 0.3) is 6.08 Å². The highest BCUT2D eigenvalue weighted by Gasteiger charge is 2.29. The van der Waals surface area contributed by atoms with E-state index in [-0.39, 0.29) is 5.76 Å². The molecular formula is C14H14O5. The van der Waals surface area contributed by atoms with Crippen molar-refractivity contribution < 1.29 is 23.8 Å². The first-order chi connectivity index (χ1) is 9.15. The molecule has 0 N–H and O–H groups in total. The van der Waals surface area contributed by atoms with E-state index in [2.05, 4.69) is 9.47 Å². The van der Waals surface area contributed by atoms with Gasteiger partial charge in [-0.1, -0.05) is 24.3 Å². The molecule has 1 aliphatic heterocycles. The maximum absolute atomic E-state index is 11.7. The molecule has 0 saturated heterocycles. The number of hydrogen-bond donors (Lipinski definition) is 0. The van der Waals surface area contributed by atoms with E-state index in [9.17, 15) is 9.59 Å². The van der Waals surface area contributed by atoms with Crippen molar-refractivity contribution in [2.24, 2.45) is 0 Å². The fourth-order valence-electron chi connectivity index (χ4n) is 1.90. The van der Waals surface area contributed by atoms with E-state index >= 15 is 0 Å². The SMILES string of the molecule is COC(=O)C1=Cc2ccccc2C[C@@H](C(=O)OC)O1. The second-order valence-electron chi connectivity index (χ2n) is 4.03. The molecule has 0 spiro atoms. The standard InChI is InChI=1S/C14H14O5/c1-17-13(15)11-7-9-5-3-4-6-10(9)8-12(19-11)14(16)18-2/h3-7,12H,8H2,1-2H3/t12-/m0/s1. The number of benzene rings is 1. The summed E-state index contributed by atoms with van der Waals surface area (Å²) in [4.78, 5) is 23.3. The Kier molecular flexibility index (Phi) is 3.85. The molecule has 1 atom stereocenters.